The van der Waals surface area contributed by atoms with Gasteiger partial charge in [0.1, 0.15) is 0 Å². The molecule has 0 aliphatic rings. The molecule has 0 bridgehead atoms. The molecule has 0 aliphatic heterocycles. The Morgan fingerprint density at radius 3 is 2.15 bits per heavy atom. The highest BCUT2D eigenvalue weighted by Crippen LogP contribution is 2.36. The lowest BCUT2D eigenvalue weighted by Gasteiger charge is -2.23. The Bertz CT molecular complexity index is 817. The molecular weight excluding hydrogens is 328 g/mol. The first-order valence-electron chi connectivity index (χ1n) is 8.96. The minimum Gasteiger partial charge on any atom is -0.465 e. The van der Waals surface area contributed by atoms with Crippen molar-refractivity contribution in [1.29, 1.82) is 0 Å². The molecule has 1 amide bonds. The van der Waals surface area contributed by atoms with Gasteiger partial charge in [0.05, 0.1) is 18.2 Å². The summed E-state index contributed by atoms with van der Waals surface area (Å²) in [6.07, 6.45) is 0.777. The van der Waals surface area contributed by atoms with Crippen molar-refractivity contribution in [3.63, 3.8) is 0 Å². The fraction of sp³-hybridized carbons (Fsp3) is 0.429. The third-order valence-electron chi connectivity index (χ3n) is 5.10. The topological polar surface area (TPSA) is 74.3 Å². The van der Waals surface area contributed by atoms with Crippen molar-refractivity contribution >= 4 is 11.9 Å². The van der Waals surface area contributed by atoms with Gasteiger partial charge in [-0.2, -0.15) is 0 Å². The summed E-state index contributed by atoms with van der Waals surface area (Å²) in [5.41, 5.74) is 10.5. The zero-order chi connectivity index (χ0) is 19.6. The van der Waals surface area contributed by atoms with Gasteiger partial charge in [0, 0.05) is 23.0 Å². The van der Waals surface area contributed by atoms with E-state index in [1.165, 1.54) is 7.11 Å². The molecule has 2 N–H and O–H groups in total. The van der Waals surface area contributed by atoms with Crippen LogP contribution in [0.3, 0.4) is 0 Å². The van der Waals surface area contributed by atoms with Gasteiger partial charge in [-0.05, 0) is 43.9 Å². The van der Waals surface area contributed by atoms with E-state index < -0.39 is 5.91 Å². The van der Waals surface area contributed by atoms with E-state index in [9.17, 15) is 9.59 Å². The third-order valence-corrected chi connectivity index (χ3v) is 5.10. The number of rotatable bonds is 6. The molecule has 1 atom stereocenters. The van der Waals surface area contributed by atoms with Crippen LogP contribution >= 0.6 is 0 Å². The van der Waals surface area contributed by atoms with E-state index >= 15 is 0 Å². The number of carbonyl (C=O) groups is 2. The van der Waals surface area contributed by atoms with Gasteiger partial charge in [0.15, 0.2) is 0 Å². The second-order valence-corrected chi connectivity index (χ2v) is 6.92. The number of amides is 1. The predicted molar refractivity (Wildman–Crippen MR) is 103 cm³/mol. The molecule has 2 rings (SSSR count). The average molecular weight is 356 g/mol. The predicted octanol–water partition coefficient (Wildman–Crippen LogP) is 4.13. The molecule has 0 fully saturated rings. The van der Waals surface area contributed by atoms with Gasteiger partial charge >= 0.3 is 5.97 Å². The van der Waals surface area contributed by atoms with Gasteiger partial charge in [-0.15, -0.1) is 0 Å². The largest absolute Gasteiger partial charge is 0.465 e. The van der Waals surface area contributed by atoms with Crippen LogP contribution in [0.4, 0.5) is 0 Å². The van der Waals surface area contributed by atoms with Crippen molar-refractivity contribution in [3.8, 4) is 11.1 Å². The Balaban J connectivity index is 2.72. The Hall–Kier alpha value is -2.56. The minimum absolute atomic E-state index is 0.242. The maximum Gasteiger partial charge on any atom is 0.337 e. The molecule has 0 saturated carbocycles. The molecule has 2 aromatic rings. The fourth-order valence-corrected chi connectivity index (χ4v) is 3.47. The van der Waals surface area contributed by atoms with E-state index in [-0.39, 0.29) is 12.0 Å². The molecule has 140 valence electrons. The average Bonchev–Trinajstić information content (AvgIpc) is 2.92. The summed E-state index contributed by atoms with van der Waals surface area (Å²) < 4.78 is 6.98. The number of primary amides is 1. The third kappa shape index (κ3) is 3.39. The Morgan fingerprint density at radius 1 is 1.15 bits per heavy atom. The van der Waals surface area contributed by atoms with Crippen molar-refractivity contribution < 1.29 is 14.3 Å². The summed E-state index contributed by atoms with van der Waals surface area (Å²) in [6, 6.07) is 7.35. The van der Waals surface area contributed by atoms with E-state index in [0.29, 0.717) is 17.0 Å². The van der Waals surface area contributed by atoms with Gasteiger partial charge in [-0.1, -0.05) is 32.9 Å². The smallest absolute Gasteiger partial charge is 0.337 e. The number of benzene rings is 1. The molecule has 0 aliphatic carbocycles. The van der Waals surface area contributed by atoms with E-state index in [4.69, 9.17) is 10.5 Å². The van der Waals surface area contributed by atoms with Crippen LogP contribution in [0.25, 0.3) is 11.1 Å². The van der Waals surface area contributed by atoms with Crippen LogP contribution in [0, 0.1) is 12.8 Å². The number of esters is 1. The zero-order valence-corrected chi connectivity index (χ0v) is 16.4. The molecule has 1 unspecified atom stereocenters. The van der Waals surface area contributed by atoms with E-state index in [1.807, 2.05) is 19.1 Å². The molecule has 1 aromatic heterocycles. The normalized spacial score (nSPS) is 12.3. The van der Waals surface area contributed by atoms with Gasteiger partial charge in [0.2, 0.25) is 0 Å². The summed E-state index contributed by atoms with van der Waals surface area (Å²) in [4.78, 5) is 23.9. The molecule has 0 spiro atoms. The van der Waals surface area contributed by atoms with Crippen LogP contribution in [0.5, 0.6) is 0 Å². The Morgan fingerprint density at radius 2 is 1.73 bits per heavy atom. The summed E-state index contributed by atoms with van der Waals surface area (Å²) in [6.45, 7) is 10.5. The van der Waals surface area contributed by atoms with E-state index in [2.05, 4.69) is 32.3 Å². The lowest BCUT2D eigenvalue weighted by atomic mass is 9.97. The second kappa shape index (κ2) is 7.77. The van der Waals surface area contributed by atoms with E-state index in [1.54, 1.807) is 12.1 Å². The van der Waals surface area contributed by atoms with Crippen LogP contribution in [0.15, 0.2) is 24.3 Å². The van der Waals surface area contributed by atoms with Crippen LogP contribution in [-0.2, 0) is 11.2 Å². The molecule has 1 aromatic carbocycles. The number of carbonyl (C=O) groups excluding carboxylic acids is 2. The van der Waals surface area contributed by atoms with Gasteiger partial charge in [-0.3, -0.25) is 4.79 Å². The molecule has 5 nitrogen and oxygen atoms in total. The Labute approximate surface area is 155 Å². The number of hydrogen-bond donors (Lipinski definition) is 1. The monoisotopic (exact) mass is 356 g/mol. The number of nitrogens with two attached hydrogens (primary N) is 1. The standard InChI is InChI=1S/C21H28N2O3/c1-7-17-19(15-8-10-16(11-9-15)21(25)26-6)18(20(22)24)14(5)23(17)13(4)12(2)3/h8-13H,7H2,1-6H3,(H2,22,24). The van der Waals surface area contributed by atoms with Crippen LogP contribution < -0.4 is 5.73 Å². The lowest BCUT2D eigenvalue weighted by Crippen LogP contribution is -2.17. The number of ether oxygens (including phenoxy) is 1. The first-order chi connectivity index (χ1) is 12.2. The summed E-state index contributed by atoms with van der Waals surface area (Å²) in [5, 5.41) is 0. The number of hydrogen-bond acceptors (Lipinski definition) is 3. The zero-order valence-electron chi connectivity index (χ0n) is 16.4. The highest BCUT2D eigenvalue weighted by molar-refractivity contribution is 6.02. The van der Waals surface area contributed by atoms with Crippen LogP contribution in [0.1, 0.15) is 65.8 Å². The lowest BCUT2D eigenvalue weighted by molar-refractivity contribution is 0.0600. The fourth-order valence-electron chi connectivity index (χ4n) is 3.47. The molecule has 5 heteroatoms. The first kappa shape index (κ1) is 19.8. The quantitative estimate of drug-likeness (QED) is 0.791. The second-order valence-electron chi connectivity index (χ2n) is 6.92. The number of aromatic nitrogens is 1. The van der Waals surface area contributed by atoms with Crippen molar-refractivity contribution in [2.24, 2.45) is 11.7 Å². The first-order valence-corrected chi connectivity index (χ1v) is 8.96. The molecule has 26 heavy (non-hydrogen) atoms. The van der Waals surface area contributed by atoms with Gasteiger partial charge in [0.25, 0.3) is 5.91 Å². The highest BCUT2D eigenvalue weighted by atomic mass is 16.5. The van der Waals surface area contributed by atoms with Gasteiger partial charge in [-0.25, -0.2) is 4.79 Å². The number of methoxy groups -OCH3 is 1. The van der Waals surface area contributed by atoms with E-state index in [0.717, 1.165) is 28.9 Å². The maximum absolute atomic E-state index is 12.2. The molecule has 0 saturated heterocycles. The number of nitrogens with zero attached hydrogens (tertiary/aromatic N) is 1. The summed E-state index contributed by atoms with van der Waals surface area (Å²) in [7, 11) is 1.35. The highest BCUT2D eigenvalue weighted by Gasteiger charge is 2.27. The minimum atomic E-state index is -0.432. The SMILES string of the molecule is CCc1c(-c2ccc(C(=O)OC)cc2)c(C(N)=O)c(C)n1C(C)C(C)C. The maximum atomic E-state index is 12.2. The summed E-state index contributed by atoms with van der Waals surface area (Å²) >= 11 is 0. The molecule has 1 heterocycles. The van der Waals surface area contributed by atoms with Crippen molar-refractivity contribution in [2.75, 3.05) is 7.11 Å². The van der Waals surface area contributed by atoms with Crippen LogP contribution in [-0.4, -0.2) is 23.6 Å². The van der Waals surface area contributed by atoms with Crippen molar-refractivity contribution in [2.45, 2.75) is 47.1 Å². The van der Waals surface area contributed by atoms with Crippen LogP contribution in [0.2, 0.25) is 0 Å². The summed E-state index contributed by atoms with van der Waals surface area (Å²) in [5.74, 6) is -0.398. The Kier molecular flexibility index (Phi) is 5.90. The van der Waals surface area contributed by atoms with Crippen molar-refractivity contribution in [1.82, 2.24) is 4.57 Å². The van der Waals surface area contributed by atoms with Crippen molar-refractivity contribution in [3.05, 3.63) is 46.8 Å². The van der Waals surface area contributed by atoms with Gasteiger partial charge < -0.3 is 15.0 Å². The molecular formula is C21H28N2O3. The molecule has 0 radical (unpaired) electrons.